The Balaban J connectivity index is 1.82. The second-order valence-electron chi connectivity index (χ2n) is 11.9. The minimum Gasteiger partial charge on any atom is -0.450 e. The molecule has 0 aromatic heterocycles. The van der Waals surface area contributed by atoms with Gasteiger partial charge in [0.2, 0.25) is 5.91 Å². The van der Waals surface area contributed by atoms with Gasteiger partial charge in [-0.05, 0) is 64.8 Å². The molecule has 2 aliphatic rings. The third-order valence-electron chi connectivity index (χ3n) is 7.86. The normalized spacial score (nSPS) is 25.5. The van der Waals surface area contributed by atoms with Gasteiger partial charge in [0, 0.05) is 33.3 Å². The number of hydrogen-bond acceptors (Lipinski definition) is 6. The molecule has 0 aliphatic carbocycles. The molecule has 2 aromatic carbocycles. The summed E-state index contributed by atoms with van der Waals surface area (Å²) in [5.41, 5.74) is 1.66. The maximum atomic E-state index is 13.9. The van der Waals surface area contributed by atoms with Crippen molar-refractivity contribution < 1.29 is 23.9 Å². The standard InChI is InChI=1S/C31H41N3O5/c1-30(2,3)27-28(36)34-20-31(38-6,18-25(34)19-35)24-13-12-21-17-26(33(4)5)22(15-23(21)16-24)11-9-7-8-10-14-39-29(37)32-27/h9,11-13,15-17,19,25,27H,7-8,10,14,18,20H2,1-6H3,(H,32,37)/b11-9+/t25-,27+,31-/m0/s1. The van der Waals surface area contributed by atoms with Crippen LogP contribution in [0.4, 0.5) is 10.5 Å². The summed E-state index contributed by atoms with van der Waals surface area (Å²) in [6.07, 6.45) is 7.23. The van der Waals surface area contributed by atoms with E-state index in [0.717, 1.165) is 46.7 Å². The van der Waals surface area contributed by atoms with Gasteiger partial charge in [-0.1, -0.05) is 45.1 Å². The highest BCUT2D eigenvalue weighted by Crippen LogP contribution is 2.41. The Bertz CT molecular complexity index is 1260. The van der Waals surface area contributed by atoms with Gasteiger partial charge >= 0.3 is 6.09 Å². The van der Waals surface area contributed by atoms with Crippen LogP contribution in [0.25, 0.3) is 16.8 Å². The molecule has 5 bridgehead atoms. The van der Waals surface area contributed by atoms with Gasteiger partial charge in [-0.15, -0.1) is 0 Å². The molecule has 0 saturated carbocycles. The van der Waals surface area contributed by atoms with Crippen LogP contribution in [-0.4, -0.2) is 69.6 Å². The van der Waals surface area contributed by atoms with E-state index >= 15 is 0 Å². The first-order chi connectivity index (χ1) is 18.5. The van der Waals surface area contributed by atoms with Crippen LogP contribution in [0.5, 0.6) is 0 Å². The summed E-state index contributed by atoms with van der Waals surface area (Å²) in [5.74, 6) is -0.323. The zero-order chi connectivity index (χ0) is 28.4. The average Bonchev–Trinajstić information content (AvgIpc) is 3.29. The lowest BCUT2D eigenvalue weighted by molar-refractivity contribution is -0.139. The highest BCUT2D eigenvalue weighted by Gasteiger charge is 2.50. The maximum absolute atomic E-state index is 13.9. The minimum atomic E-state index is -0.867. The van der Waals surface area contributed by atoms with Gasteiger partial charge in [-0.3, -0.25) is 4.79 Å². The molecule has 2 aliphatic heterocycles. The predicted octanol–water partition coefficient (Wildman–Crippen LogP) is 4.89. The van der Waals surface area contributed by atoms with Crippen LogP contribution in [0.15, 0.2) is 36.4 Å². The van der Waals surface area contributed by atoms with E-state index in [1.165, 1.54) is 0 Å². The molecule has 210 valence electrons. The molecule has 2 amide bonds. The fraction of sp³-hybridized carbons (Fsp3) is 0.516. The van der Waals surface area contributed by atoms with E-state index in [0.29, 0.717) is 12.8 Å². The Morgan fingerprint density at radius 3 is 2.56 bits per heavy atom. The summed E-state index contributed by atoms with van der Waals surface area (Å²) in [4.78, 5) is 42.5. The van der Waals surface area contributed by atoms with Crippen LogP contribution in [0.3, 0.4) is 0 Å². The third-order valence-corrected chi connectivity index (χ3v) is 7.86. The number of methoxy groups -OCH3 is 1. The topological polar surface area (TPSA) is 88.2 Å². The smallest absolute Gasteiger partial charge is 0.407 e. The van der Waals surface area contributed by atoms with Crippen LogP contribution in [0.1, 0.15) is 57.6 Å². The van der Waals surface area contributed by atoms with Crippen molar-refractivity contribution in [3.8, 4) is 0 Å². The van der Waals surface area contributed by atoms with Crippen molar-refractivity contribution in [1.82, 2.24) is 10.2 Å². The van der Waals surface area contributed by atoms with Gasteiger partial charge in [0.25, 0.3) is 0 Å². The quantitative estimate of drug-likeness (QED) is 0.564. The van der Waals surface area contributed by atoms with Crippen LogP contribution in [-0.2, 0) is 24.7 Å². The molecule has 2 heterocycles. The zero-order valence-electron chi connectivity index (χ0n) is 24.0. The molecular formula is C31H41N3O5. The number of cyclic esters (lactones) is 1. The highest BCUT2D eigenvalue weighted by atomic mass is 16.5. The number of fused-ring (bicyclic) bond motifs is 5. The first-order valence-corrected chi connectivity index (χ1v) is 13.7. The number of hydrogen-bond donors (Lipinski definition) is 1. The first-order valence-electron chi connectivity index (χ1n) is 13.7. The number of nitrogens with zero attached hydrogens (tertiary/aromatic N) is 2. The minimum absolute atomic E-state index is 0.198. The summed E-state index contributed by atoms with van der Waals surface area (Å²) in [6, 6.07) is 9.01. The van der Waals surface area contributed by atoms with Gasteiger partial charge < -0.3 is 29.4 Å². The average molecular weight is 536 g/mol. The van der Waals surface area contributed by atoms with E-state index in [1.807, 2.05) is 40.9 Å². The fourth-order valence-corrected chi connectivity index (χ4v) is 5.56. The van der Waals surface area contributed by atoms with Crippen molar-refractivity contribution in [3.63, 3.8) is 0 Å². The lowest BCUT2D eigenvalue weighted by atomic mass is 9.85. The Morgan fingerprint density at radius 2 is 1.90 bits per heavy atom. The summed E-state index contributed by atoms with van der Waals surface area (Å²) in [5, 5.41) is 4.94. The number of nitrogens with one attached hydrogen (secondary N) is 1. The number of anilines is 1. The van der Waals surface area contributed by atoms with Gasteiger partial charge in [0.05, 0.1) is 19.2 Å². The molecule has 0 unspecified atom stereocenters. The summed E-state index contributed by atoms with van der Waals surface area (Å²) < 4.78 is 11.5. The van der Waals surface area contributed by atoms with Crippen LogP contribution in [0, 0.1) is 5.41 Å². The number of ether oxygens (including phenoxy) is 2. The monoisotopic (exact) mass is 535 g/mol. The highest BCUT2D eigenvalue weighted by molar-refractivity contribution is 5.92. The largest absolute Gasteiger partial charge is 0.450 e. The maximum Gasteiger partial charge on any atom is 0.407 e. The van der Waals surface area contributed by atoms with Crippen molar-refractivity contribution in [3.05, 3.63) is 47.5 Å². The van der Waals surface area contributed by atoms with Crippen molar-refractivity contribution in [1.29, 1.82) is 0 Å². The first kappa shape index (κ1) is 28.6. The number of alkyl carbamates (subject to hydrolysis) is 1. The van der Waals surface area contributed by atoms with E-state index < -0.39 is 29.2 Å². The van der Waals surface area contributed by atoms with Gasteiger partial charge in [0.15, 0.2) is 0 Å². The van der Waals surface area contributed by atoms with Gasteiger partial charge in [0.1, 0.15) is 17.9 Å². The molecule has 1 N–H and O–H groups in total. The Labute approximate surface area is 231 Å². The number of aldehydes is 1. The van der Waals surface area contributed by atoms with Crippen LogP contribution >= 0.6 is 0 Å². The second-order valence-corrected chi connectivity index (χ2v) is 11.9. The van der Waals surface area contributed by atoms with E-state index in [-0.39, 0.29) is 19.1 Å². The van der Waals surface area contributed by atoms with E-state index in [1.54, 1.807) is 12.0 Å². The molecule has 0 radical (unpaired) electrons. The molecule has 8 heteroatoms. The van der Waals surface area contributed by atoms with Gasteiger partial charge in [-0.2, -0.15) is 0 Å². The van der Waals surface area contributed by atoms with Crippen LogP contribution in [0.2, 0.25) is 0 Å². The number of allylic oxidation sites excluding steroid dienone is 1. The predicted molar refractivity (Wildman–Crippen MR) is 154 cm³/mol. The van der Waals surface area contributed by atoms with Gasteiger partial charge in [-0.25, -0.2) is 4.79 Å². The second kappa shape index (κ2) is 11.4. The van der Waals surface area contributed by atoms with Crippen molar-refractivity contribution in [2.75, 3.05) is 39.3 Å². The number of carbonyl (C=O) groups excluding carboxylic acids is 3. The Kier molecular flexibility index (Phi) is 8.35. The lowest BCUT2D eigenvalue weighted by Crippen LogP contribution is -2.56. The molecule has 4 rings (SSSR count). The number of benzene rings is 2. The van der Waals surface area contributed by atoms with Crippen LogP contribution < -0.4 is 10.2 Å². The Morgan fingerprint density at radius 1 is 1.13 bits per heavy atom. The SMILES string of the molecule is CO[C@@]12C[C@@H](C=O)N(C1)C(=O)[C@H](C(C)(C)C)NC(=O)OCCCC/C=C/c1cc3cc2ccc3cc1N(C)C. The third kappa shape index (κ3) is 5.96. The molecule has 2 aromatic rings. The molecular weight excluding hydrogens is 494 g/mol. The fourth-order valence-electron chi connectivity index (χ4n) is 5.56. The molecule has 1 fully saturated rings. The summed E-state index contributed by atoms with van der Waals surface area (Å²) in [7, 11) is 5.69. The number of amides is 2. The van der Waals surface area contributed by atoms with E-state index in [4.69, 9.17) is 9.47 Å². The van der Waals surface area contributed by atoms with Crippen molar-refractivity contribution in [2.45, 2.75) is 64.1 Å². The van der Waals surface area contributed by atoms with E-state index in [9.17, 15) is 14.4 Å². The summed E-state index contributed by atoms with van der Waals surface area (Å²) >= 11 is 0. The molecule has 0 spiro atoms. The molecule has 1 saturated heterocycles. The number of carbonyl (C=O) groups is 3. The lowest BCUT2D eigenvalue weighted by Gasteiger charge is -2.35. The summed E-state index contributed by atoms with van der Waals surface area (Å²) in [6.45, 7) is 6.12. The molecule has 39 heavy (non-hydrogen) atoms. The molecule has 3 atom stereocenters. The van der Waals surface area contributed by atoms with Crippen molar-refractivity contribution >= 4 is 40.8 Å². The van der Waals surface area contributed by atoms with E-state index in [2.05, 4.69) is 46.6 Å². The van der Waals surface area contributed by atoms with Crippen molar-refractivity contribution in [2.24, 2.45) is 5.41 Å². The molecule has 8 nitrogen and oxygen atoms in total. The zero-order valence-corrected chi connectivity index (χ0v) is 24.0. The Hall–Kier alpha value is -3.39. The number of rotatable bonds is 3.